The Bertz CT molecular complexity index is 1090. The molecule has 0 radical (unpaired) electrons. The van der Waals surface area contributed by atoms with Crippen molar-refractivity contribution in [2.45, 2.75) is 58.6 Å². The van der Waals surface area contributed by atoms with Crippen LogP contribution in [-0.2, 0) is 9.53 Å². The molecule has 0 unspecified atom stereocenters. The van der Waals surface area contributed by atoms with Crippen LogP contribution in [0.25, 0.3) is 10.8 Å². The molecular formula is C30H37NO3. The van der Waals surface area contributed by atoms with Crippen molar-refractivity contribution in [2.24, 2.45) is 17.8 Å². The largest absolute Gasteiger partial charge is 0.497 e. The highest BCUT2D eigenvalue weighted by Crippen LogP contribution is 2.36. The van der Waals surface area contributed by atoms with Crippen LogP contribution in [0.4, 0.5) is 5.69 Å². The van der Waals surface area contributed by atoms with Crippen LogP contribution in [0.1, 0.15) is 58.1 Å². The molecule has 4 atom stereocenters. The Hall–Kier alpha value is -3.01. The van der Waals surface area contributed by atoms with Gasteiger partial charge in [0.2, 0.25) is 0 Å². The Morgan fingerprint density at radius 3 is 2.44 bits per heavy atom. The zero-order valence-electron chi connectivity index (χ0n) is 20.8. The van der Waals surface area contributed by atoms with E-state index >= 15 is 0 Å². The smallest absolute Gasteiger partial charge is 0.308 e. The summed E-state index contributed by atoms with van der Waals surface area (Å²) in [5, 5.41) is 5.92. The molecule has 4 nitrogen and oxygen atoms in total. The van der Waals surface area contributed by atoms with Crippen LogP contribution < -0.4 is 10.1 Å². The van der Waals surface area contributed by atoms with Crippen molar-refractivity contribution in [3.8, 4) is 5.75 Å². The predicted octanol–water partition coefficient (Wildman–Crippen LogP) is 7.40. The number of nitrogens with one attached hydrogen (secondary N) is 1. The highest BCUT2D eigenvalue weighted by molar-refractivity contribution is 5.83. The summed E-state index contributed by atoms with van der Waals surface area (Å²) in [5.41, 5.74) is 2.02. The zero-order chi connectivity index (χ0) is 24.1. The molecule has 0 bridgehead atoms. The van der Waals surface area contributed by atoms with Gasteiger partial charge in [-0.2, -0.15) is 0 Å². The van der Waals surface area contributed by atoms with Gasteiger partial charge in [-0.3, -0.25) is 4.79 Å². The summed E-state index contributed by atoms with van der Waals surface area (Å²) >= 11 is 0. The molecule has 34 heavy (non-hydrogen) atoms. The lowest BCUT2D eigenvalue weighted by Gasteiger charge is -2.37. The van der Waals surface area contributed by atoms with E-state index in [0.29, 0.717) is 17.8 Å². The Morgan fingerprint density at radius 1 is 1.00 bits per heavy atom. The monoisotopic (exact) mass is 459 g/mol. The Balaban J connectivity index is 1.55. The van der Waals surface area contributed by atoms with Crippen molar-refractivity contribution in [3.63, 3.8) is 0 Å². The Morgan fingerprint density at radius 2 is 1.74 bits per heavy atom. The minimum atomic E-state index is -0.191. The topological polar surface area (TPSA) is 47.6 Å². The van der Waals surface area contributed by atoms with Crippen LogP contribution in [0.5, 0.6) is 5.75 Å². The molecule has 0 aromatic heterocycles. The molecule has 1 saturated carbocycles. The van der Waals surface area contributed by atoms with Crippen molar-refractivity contribution in [1.29, 1.82) is 0 Å². The van der Waals surface area contributed by atoms with E-state index in [1.807, 2.05) is 36.4 Å². The molecule has 0 saturated heterocycles. The van der Waals surface area contributed by atoms with Gasteiger partial charge in [-0.25, -0.2) is 0 Å². The summed E-state index contributed by atoms with van der Waals surface area (Å²) in [7, 11) is 1.66. The fraction of sp³-hybridized carbons (Fsp3) is 0.433. The number of hydrogen-bond donors (Lipinski definition) is 1. The number of anilines is 1. The number of ether oxygens (including phenoxy) is 2. The van der Waals surface area contributed by atoms with Crippen LogP contribution in [0.15, 0.2) is 66.7 Å². The van der Waals surface area contributed by atoms with Crippen molar-refractivity contribution in [1.82, 2.24) is 0 Å². The van der Waals surface area contributed by atoms with Gasteiger partial charge in [0, 0.05) is 5.69 Å². The summed E-state index contributed by atoms with van der Waals surface area (Å²) in [6.07, 6.45) is 3.60. The van der Waals surface area contributed by atoms with Crippen LogP contribution in [0, 0.1) is 17.8 Å². The van der Waals surface area contributed by atoms with E-state index in [9.17, 15) is 4.79 Å². The minimum absolute atomic E-state index is 0.00879. The lowest BCUT2D eigenvalue weighted by molar-refractivity contribution is -0.156. The van der Waals surface area contributed by atoms with Gasteiger partial charge in [0.25, 0.3) is 0 Å². The number of carbonyl (C=O) groups excluding carboxylic acids is 1. The Labute approximate surface area is 203 Å². The van der Waals surface area contributed by atoms with Crippen LogP contribution in [0.3, 0.4) is 0 Å². The second kappa shape index (κ2) is 10.9. The first-order valence-corrected chi connectivity index (χ1v) is 12.5. The van der Waals surface area contributed by atoms with Crippen molar-refractivity contribution >= 4 is 22.4 Å². The van der Waals surface area contributed by atoms with Crippen LogP contribution in [0.2, 0.25) is 0 Å². The Kier molecular flexibility index (Phi) is 7.77. The molecular weight excluding hydrogens is 422 g/mol. The molecule has 1 N–H and O–H groups in total. The minimum Gasteiger partial charge on any atom is -0.497 e. The van der Waals surface area contributed by atoms with Crippen LogP contribution in [-0.4, -0.2) is 19.2 Å². The van der Waals surface area contributed by atoms with Gasteiger partial charge in [0.1, 0.15) is 11.9 Å². The lowest BCUT2D eigenvalue weighted by atomic mass is 9.75. The number of fused-ring (bicyclic) bond motifs is 1. The average molecular weight is 460 g/mol. The summed E-state index contributed by atoms with van der Waals surface area (Å²) in [4.78, 5) is 13.2. The van der Waals surface area contributed by atoms with Gasteiger partial charge >= 0.3 is 5.97 Å². The number of esters is 1. The molecule has 180 valence electrons. The second-order valence-corrected chi connectivity index (χ2v) is 10.1. The highest BCUT2D eigenvalue weighted by atomic mass is 16.5. The first-order valence-electron chi connectivity index (χ1n) is 12.5. The number of benzene rings is 3. The van der Waals surface area contributed by atoms with Gasteiger partial charge in [0.05, 0.1) is 19.6 Å². The summed E-state index contributed by atoms with van der Waals surface area (Å²) in [5.74, 6) is 2.22. The predicted molar refractivity (Wildman–Crippen MR) is 139 cm³/mol. The number of carbonyl (C=O) groups is 1. The first-order chi connectivity index (χ1) is 16.4. The molecule has 1 aliphatic carbocycles. The molecule has 1 fully saturated rings. The maximum atomic E-state index is 13.2. The molecule has 4 rings (SSSR count). The molecule has 0 aliphatic heterocycles. The maximum Gasteiger partial charge on any atom is 0.308 e. The van der Waals surface area contributed by atoms with E-state index in [1.165, 1.54) is 11.8 Å². The van der Waals surface area contributed by atoms with Crippen molar-refractivity contribution in [3.05, 3.63) is 72.3 Å². The first kappa shape index (κ1) is 24.1. The van der Waals surface area contributed by atoms with Crippen LogP contribution >= 0.6 is 0 Å². The van der Waals surface area contributed by atoms with Crippen molar-refractivity contribution < 1.29 is 14.3 Å². The second-order valence-electron chi connectivity index (χ2n) is 10.1. The lowest BCUT2D eigenvalue weighted by Crippen LogP contribution is -2.36. The fourth-order valence-electron chi connectivity index (χ4n) is 5.20. The fourth-order valence-corrected chi connectivity index (χ4v) is 5.20. The standard InChI is InChI=1S/C30H37NO3/c1-20(2)27-16-9-21(3)17-29(27)34-30(32)19-28(31-25-12-14-26(33-4)15-13-25)24-11-10-22-7-5-6-8-23(22)18-24/h5-8,10-15,18,20-21,27-29,31H,9,16-17,19H2,1-4H3/t21-,27+,28-,29-/m1/s1. The zero-order valence-corrected chi connectivity index (χ0v) is 20.8. The van der Waals surface area contributed by atoms with E-state index in [0.717, 1.165) is 35.2 Å². The van der Waals surface area contributed by atoms with E-state index < -0.39 is 0 Å². The van der Waals surface area contributed by atoms with Gasteiger partial charge in [-0.1, -0.05) is 63.6 Å². The molecule has 0 amide bonds. The number of methoxy groups -OCH3 is 1. The van der Waals surface area contributed by atoms with Crippen molar-refractivity contribution in [2.75, 3.05) is 12.4 Å². The summed E-state index contributed by atoms with van der Waals surface area (Å²) in [6, 6.07) is 22.3. The quantitative estimate of drug-likeness (QED) is 0.357. The van der Waals surface area contributed by atoms with E-state index in [-0.39, 0.29) is 24.5 Å². The van der Waals surface area contributed by atoms with Gasteiger partial charge in [-0.05, 0) is 77.3 Å². The van der Waals surface area contributed by atoms with E-state index in [2.05, 4.69) is 56.4 Å². The highest BCUT2D eigenvalue weighted by Gasteiger charge is 2.34. The van der Waals surface area contributed by atoms with E-state index in [1.54, 1.807) is 7.11 Å². The molecule has 4 heteroatoms. The molecule has 3 aromatic rings. The summed E-state index contributed by atoms with van der Waals surface area (Å²) in [6.45, 7) is 6.75. The normalized spacial score (nSPS) is 21.3. The van der Waals surface area contributed by atoms with Gasteiger partial charge < -0.3 is 14.8 Å². The molecule has 1 aliphatic rings. The van der Waals surface area contributed by atoms with Gasteiger partial charge in [0.15, 0.2) is 0 Å². The molecule has 0 spiro atoms. The SMILES string of the molecule is COc1ccc(N[C@H](CC(=O)O[C@@H]2C[C@H](C)CC[C@H]2C(C)C)c2ccc3ccccc3c2)cc1. The summed E-state index contributed by atoms with van der Waals surface area (Å²) < 4.78 is 11.4. The number of hydrogen-bond acceptors (Lipinski definition) is 4. The van der Waals surface area contributed by atoms with E-state index in [4.69, 9.17) is 9.47 Å². The molecule has 0 heterocycles. The van der Waals surface area contributed by atoms with Gasteiger partial charge in [-0.15, -0.1) is 0 Å². The average Bonchev–Trinajstić information content (AvgIpc) is 2.83. The molecule has 3 aromatic carbocycles. The third-order valence-corrected chi connectivity index (χ3v) is 7.22. The third kappa shape index (κ3) is 5.91. The number of rotatable bonds is 8. The third-order valence-electron chi connectivity index (χ3n) is 7.22. The maximum absolute atomic E-state index is 13.2.